The Morgan fingerprint density at radius 2 is 1.88 bits per heavy atom. The minimum atomic E-state index is -0.982. The van der Waals surface area contributed by atoms with Gasteiger partial charge >= 0.3 is 5.97 Å². The first-order valence-corrected chi connectivity index (χ1v) is 13.4. The highest BCUT2D eigenvalue weighted by atomic mass is 35.5. The molecule has 0 aliphatic carbocycles. The Hall–Kier alpha value is -4.13. The van der Waals surface area contributed by atoms with Crippen molar-refractivity contribution in [2.45, 2.75) is 26.1 Å². The molecule has 1 atom stereocenters. The zero-order chi connectivity index (χ0) is 27.8. The highest BCUT2D eigenvalue weighted by Crippen LogP contribution is 2.45. The smallest absolute Gasteiger partial charge is 0.339 e. The highest BCUT2D eigenvalue weighted by Gasteiger charge is 2.30. The molecule has 1 aliphatic heterocycles. The van der Waals surface area contributed by atoms with Crippen LogP contribution in [0.15, 0.2) is 72.9 Å². The van der Waals surface area contributed by atoms with Gasteiger partial charge < -0.3 is 18.9 Å². The first-order chi connectivity index (χ1) is 19.5. The maximum absolute atomic E-state index is 13.4. The summed E-state index contributed by atoms with van der Waals surface area (Å²) < 4.78 is 22.9. The molecule has 202 valence electrons. The third-order valence-electron chi connectivity index (χ3n) is 7.44. The summed E-state index contributed by atoms with van der Waals surface area (Å²) in [6.07, 6.45) is 1.66. The SMILES string of the molecule is COC(=O)[C@@H](OCc1ccc(OC)cc1)c1c(C)cc2cc(Cl)ccc2c1-c1ccc2c3c(ccnc13)CCO2. The van der Waals surface area contributed by atoms with Crippen LogP contribution in [0, 0.1) is 6.92 Å². The van der Waals surface area contributed by atoms with E-state index in [9.17, 15) is 4.79 Å². The number of aromatic nitrogens is 1. The number of esters is 1. The molecule has 0 radical (unpaired) electrons. The van der Waals surface area contributed by atoms with Crippen molar-refractivity contribution in [3.05, 3.63) is 100 Å². The highest BCUT2D eigenvalue weighted by molar-refractivity contribution is 6.31. The quantitative estimate of drug-likeness (QED) is 0.196. The molecule has 0 saturated heterocycles. The Morgan fingerprint density at radius 3 is 2.65 bits per heavy atom. The van der Waals surface area contributed by atoms with E-state index >= 15 is 0 Å². The van der Waals surface area contributed by atoms with Gasteiger partial charge in [0, 0.05) is 34.2 Å². The molecular weight excluding hydrogens is 526 g/mol. The Morgan fingerprint density at radius 1 is 1.05 bits per heavy atom. The molecule has 0 amide bonds. The average molecular weight is 554 g/mol. The van der Waals surface area contributed by atoms with E-state index < -0.39 is 12.1 Å². The normalized spacial score (nSPS) is 13.2. The number of pyridine rings is 1. The van der Waals surface area contributed by atoms with Gasteiger partial charge in [-0.05, 0) is 82.4 Å². The second-order valence-electron chi connectivity index (χ2n) is 9.81. The third kappa shape index (κ3) is 4.63. The Bertz CT molecular complexity index is 1740. The molecule has 5 aromatic rings. The molecule has 0 bridgehead atoms. The summed E-state index contributed by atoms with van der Waals surface area (Å²) in [7, 11) is 3.00. The van der Waals surface area contributed by atoms with Crippen molar-refractivity contribution in [3.8, 4) is 22.6 Å². The van der Waals surface area contributed by atoms with Gasteiger partial charge in [0.15, 0.2) is 6.10 Å². The Balaban J connectivity index is 1.58. The fourth-order valence-electron chi connectivity index (χ4n) is 5.54. The van der Waals surface area contributed by atoms with Crippen LogP contribution in [0.2, 0.25) is 5.02 Å². The number of carbonyl (C=O) groups excluding carboxylic acids is 1. The lowest BCUT2D eigenvalue weighted by atomic mass is 9.85. The molecule has 40 heavy (non-hydrogen) atoms. The van der Waals surface area contributed by atoms with E-state index in [1.54, 1.807) is 7.11 Å². The van der Waals surface area contributed by atoms with Gasteiger partial charge in [-0.1, -0.05) is 35.9 Å². The molecule has 1 aromatic heterocycles. The number of methoxy groups -OCH3 is 2. The molecular formula is C33H28ClNO5. The lowest BCUT2D eigenvalue weighted by Gasteiger charge is -2.25. The van der Waals surface area contributed by atoms with Gasteiger partial charge in [-0.3, -0.25) is 4.98 Å². The molecule has 1 aliphatic rings. The first kappa shape index (κ1) is 26.1. The number of rotatable bonds is 7. The number of hydrogen-bond acceptors (Lipinski definition) is 6. The van der Waals surface area contributed by atoms with Crippen molar-refractivity contribution in [3.63, 3.8) is 0 Å². The number of aryl methyl sites for hydroxylation is 1. The van der Waals surface area contributed by atoms with Crippen LogP contribution in [0.5, 0.6) is 11.5 Å². The van der Waals surface area contributed by atoms with Crippen LogP contribution < -0.4 is 9.47 Å². The zero-order valence-electron chi connectivity index (χ0n) is 22.5. The number of ether oxygens (including phenoxy) is 4. The van der Waals surface area contributed by atoms with Crippen molar-refractivity contribution in [1.82, 2.24) is 4.98 Å². The lowest BCUT2D eigenvalue weighted by molar-refractivity contribution is -0.155. The summed E-state index contributed by atoms with van der Waals surface area (Å²) in [5, 5.41) is 3.52. The maximum atomic E-state index is 13.4. The lowest BCUT2D eigenvalue weighted by Crippen LogP contribution is -2.20. The molecule has 0 unspecified atom stereocenters. The second kappa shape index (κ2) is 10.8. The van der Waals surface area contributed by atoms with Crippen molar-refractivity contribution >= 4 is 39.2 Å². The minimum absolute atomic E-state index is 0.206. The Labute approximate surface area is 237 Å². The minimum Gasteiger partial charge on any atom is -0.497 e. The van der Waals surface area contributed by atoms with Gasteiger partial charge in [0.05, 0.1) is 33.0 Å². The van der Waals surface area contributed by atoms with Crippen molar-refractivity contribution in [2.24, 2.45) is 0 Å². The molecule has 6 nitrogen and oxygen atoms in total. The largest absolute Gasteiger partial charge is 0.497 e. The van der Waals surface area contributed by atoms with E-state index in [1.165, 1.54) is 12.7 Å². The van der Waals surface area contributed by atoms with E-state index in [1.807, 2.05) is 79.9 Å². The number of benzene rings is 4. The summed E-state index contributed by atoms with van der Waals surface area (Å²) in [6.45, 7) is 2.82. The van der Waals surface area contributed by atoms with E-state index in [2.05, 4.69) is 0 Å². The molecule has 4 aromatic carbocycles. The first-order valence-electron chi connectivity index (χ1n) is 13.1. The molecule has 0 fully saturated rings. The predicted octanol–water partition coefficient (Wildman–Crippen LogP) is 7.39. The van der Waals surface area contributed by atoms with Gasteiger partial charge in [0.25, 0.3) is 0 Å². The molecule has 2 heterocycles. The zero-order valence-corrected chi connectivity index (χ0v) is 23.2. The molecule has 6 rings (SSSR count). The van der Waals surface area contributed by atoms with Crippen LogP contribution in [0.3, 0.4) is 0 Å². The van der Waals surface area contributed by atoms with Gasteiger partial charge in [-0.25, -0.2) is 4.79 Å². The van der Waals surface area contributed by atoms with Crippen LogP contribution in [0.1, 0.15) is 28.4 Å². The molecule has 7 heteroatoms. The monoisotopic (exact) mass is 553 g/mol. The number of nitrogens with zero attached hydrogens (tertiary/aromatic N) is 1. The van der Waals surface area contributed by atoms with Crippen LogP contribution in [0.4, 0.5) is 0 Å². The fourth-order valence-corrected chi connectivity index (χ4v) is 5.72. The van der Waals surface area contributed by atoms with E-state index in [-0.39, 0.29) is 6.61 Å². The maximum Gasteiger partial charge on any atom is 0.339 e. The van der Waals surface area contributed by atoms with Gasteiger partial charge in [-0.15, -0.1) is 0 Å². The Kier molecular flexibility index (Phi) is 7.05. The number of halogens is 1. The summed E-state index contributed by atoms with van der Waals surface area (Å²) in [5.74, 6) is 1.08. The predicted molar refractivity (Wildman–Crippen MR) is 156 cm³/mol. The summed E-state index contributed by atoms with van der Waals surface area (Å²) in [6, 6.07) is 21.4. The van der Waals surface area contributed by atoms with E-state index in [0.29, 0.717) is 11.6 Å². The average Bonchev–Trinajstić information content (AvgIpc) is 2.98. The number of fused-ring (bicyclic) bond motifs is 1. The van der Waals surface area contributed by atoms with Crippen molar-refractivity contribution < 1.29 is 23.7 Å². The number of carbonyl (C=O) groups is 1. The van der Waals surface area contributed by atoms with Gasteiger partial charge in [0.2, 0.25) is 0 Å². The fraction of sp³-hybridized carbons (Fsp3) is 0.212. The third-order valence-corrected chi connectivity index (χ3v) is 7.68. The second-order valence-corrected chi connectivity index (χ2v) is 10.2. The number of hydrogen-bond donors (Lipinski definition) is 0. The standard InChI is InChI=1S/C33H28ClNO5/c1-19-16-22-17-23(34)6-9-25(22)30(26-10-11-27-29-21(13-15-39-27)12-14-35-31(26)29)28(19)32(33(36)38-3)40-18-20-4-7-24(37-2)8-5-20/h4-12,14,16-17,32H,13,15,18H2,1-3H3/t32-/m0/s1. The van der Waals surface area contributed by atoms with Crippen LogP contribution >= 0.6 is 11.6 Å². The summed E-state index contributed by atoms with van der Waals surface area (Å²) >= 11 is 6.41. The summed E-state index contributed by atoms with van der Waals surface area (Å²) in [4.78, 5) is 18.2. The van der Waals surface area contributed by atoms with Crippen LogP contribution in [0.25, 0.3) is 32.8 Å². The topological polar surface area (TPSA) is 66.9 Å². The molecule has 0 spiro atoms. The summed E-state index contributed by atoms with van der Waals surface area (Å²) in [5.41, 5.74) is 6.27. The van der Waals surface area contributed by atoms with Gasteiger partial charge in [-0.2, -0.15) is 0 Å². The van der Waals surface area contributed by atoms with Crippen LogP contribution in [-0.2, 0) is 27.3 Å². The van der Waals surface area contributed by atoms with E-state index in [4.69, 9.17) is 35.5 Å². The van der Waals surface area contributed by atoms with Gasteiger partial charge in [0.1, 0.15) is 11.5 Å². The molecule has 0 saturated carbocycles. The van der Waals surface area contributed by atoms with Crippen molar-refractivity contribution in [1.29, 1.82) is 0 Å². The van der Waals surface area contributed by atoms with Crippen LogP contribution in [-0.4, -0.2) is 31.8 Å². The molecule has 0 N–H and O–H groups in total. The van der Waals surface area contributed by atoms with Crippen molar-refractivity contribution in [2.75, 3.05) is 20.8 Å². The van der Waals surface area contributed by atoms with E-state index in [0.717, 1.165) is 67.4 Å².